The molecule has 0 radical (unpaired) electrons. The number of sulfonamides is 1. The Morgan fingerprint density at radius 2 is 1.86 bits per heavy atom. The highest BCUT2D eigenvalue weighted by Gasteiger charge is 2.11. The summed E-state index contributed by atoms with van der Waals surface area (Å²) in [4.78, 5) is 0.0636. The molecule has 14 heavy (non-hydrogen) atoms. The van der Waals surface area contributed by atoms with Gasteiger partial charge < -0.3 is 0 Å². The van der Waals surface area contributed by atoms with Crippen molar-refractivity contribution in [3.8, 4) is 0 Å². The Morgan fingerprint density at radius 1 is 1.29 bits per heavy atom. The Bertz CT molecular complexity index is 440. The van der Waals surface area contributed by atoms with E-state index in [1.54, 1.807) is 12.1 Å². The van der Waals surface area contributed by atoms with E-state index in [-0.39, 0.29) is 10.8 Å². The Morgan fingerprint density at radius 3 is 2.29 bits per heavy atom. The summed E-state index contributed by atoms with van der Waals surface area (Å²) in [5.41, 5.74) is 0.863. The Balaban J connectivity index is 3.35. The fourth-order valence-corrected chi connectivity index (χ4v) is 1.98. The van der Waals surface area contributed by atoms with Crippen LogP contribution >= 0.6 is 11.6 Å². The van der Waals surface area contributed by atoms with E-state index in [2.05, 4.69) is 0 Å². The molecule has 3 nitrogen and oxygen atoms in total. The summed E-state index contributed by atoms with van der Waals surface area (Å²) in [6.07, 6.45) is 0. The molecule has 0 aliphatic carbocycles. The number of primary sulfonamides is 1. The molecule has 0 aliphatic heterocycles. The minimum Gasteiger partial charge on any atom is -0.225 e. The third kappa shape index (κ3) is 2.70. The van der Waals surface area contributed by atoms with Gasteiger partial charge in [-0.25, -0.2) is 13.6 Å². The summed E-state index contributed by atoms with van der Waals surface area (Å²) in [5.74, 6) is 0.217. The van der Waals surface area contributed by atoms with E-state index in [4.69, 9.17) is 16.7 Å². The lowest BCUT2D eigenvalue weighted by Gasteiger charge is -2.07. The van der Waals surface area contributed by atoms with Gasteiger partial charge in [0.2, 0.25) is 10.0 Å². The largest absolute Gasteiger partial charge is 0.238 e. The monoisotopic (exact) mass is 233 g/mol. The molecule has 0 unspecified atom stereocenters. The van der Waals surface area contributed by atoms with Crippen LogP contribution in [0.5, 0.6) is 0 Å². The molecular weight excluding hydrogens is 222 g/mol. The van der Waals surface area contributed by atoms with Crippen molar-refractivity contribution in [2.24, 2.45) is 5.14 Å². The molecular formula is C9H12ClNO2S. The van der Waals surface area contributed by atoms with Gasteiger partial charge in [0.1, 0.15) is 0 Å². The number of hydrogen-bond donors (Lipinski definition) is 1. The predicted molar refractivity (Wildman–Crippen MR) is 56.9 cm³/mol. The zero-order valence-electron chi connectivity index (χ0n) is 7.99. The molecule has 0 saturated carbocycles. The molecule has 5 heteroatoms. The number of hydrogen-bond acceptors (Lipinski definition) is 2. The zero-order valence-corrected chi connectivity index (χ0v) is 9.56. The highest BCUT2D eigenvalue weighted by molar-refractivity contribution is 7.89. The van der Waals surface area contributed by atoms with Gasteiger partial charge in [0.15, 0.2) is 0 Å². The number of nitrogens with two attached hydrogens (primary N) is 1. The van der Waals surface area contributed by atoms with Crippen molar-refractivity contribution in [1.82, 2.24) is 0 Å². The molecule has 0 spiro atoms. The summed E-state index contributed by atoms with van der Waals surface area (Å²) in [6, 6.07) is 4.63. The highest BCUT2D eigenvalue weighted by Crippen LogP contribution is 2.23. The molecule has 0 aliphatic rings. The molecule has 1 aromatic carbocycles. The summed E-state index contributed by atoms with van der Waals surface area (Å²) >= 11 is 5.78. The number of halogens is 1. The van der Waals surface area contributed by atoms with Crippen LogP contribution in [0.3, 0.4) is 0 Å². The molecule has 2 N–H and O–H groups in total. The van der Waals surface area contributed by atoms with E-state index in [9.17, 15) is 8.42 Å². The van der Waals surface area contributed by atoms with E-state index >= 15 is 0 Å². The number of rotatable bonds is 2. The average molecular weight is 234 g/mol. The lowest BCUT2D eigenvalue weighted by Crippen LogP contribution is -2.12. The van der Waals surface area contributed by atoms with Gasteiger partial charge in [-0.2, -0.15) is 0 Å². The summed E-state index contributed by atoms with van der Waals surface area (Å²) in [7, 11) is -3.67. The Kier molecular flexibility index (Phi) is 3.19. The van der Waals surface area contributed by atoms with Gasteiger partial charge in [-0.05, 0) is 29.7 Å². The molecule has 0 saturated heterocycles. The summed E-state index contributed by atoms with van der Waals surface area (Å²) in [5, 5.41) is 5.40. The van der Waals surface area contributed by atoms with Gasteiger partial charge in [0, 0.05) is 5.02 Å². The molecule has 0 bridgehead atoms. The quantitative estimate of drug-likeness (QED) is 0.851. The first-order chi connectivity index (χ1) is 6.30. The van der Waals surface area contributed by atoms with Crippen molar-refractivity contribution in [2.75, 3.05) is 0 Å². The summed E-state index contributed by atoms with van der Waals surface area (Å²) < 4.78 is 22.2. The normalized spacial score (nSPS) is 12.1. The fourth-order valence-electron chi connectivity index (χ4n) is 1.08. The highest BCUT2D eigenvalue weighted by atomic mass is 35.5. The van der Waals surface area contributed by atoms with Crippen LogP contribution in [0.1, 0.15) is 25.3 Å². The molecule has 78 valence electrons. The van der Waals surface area contributed by atoms with Crippen LogP contribution in [0.2, 0.25) is 5.02 Å². The van der Waals surface area contributed by atoms with E-state index in [0.717, 1.165) is 5.56 Å². The second-order valence-electron chi connectivity index (χ2n) is 3.42. The smallest absolute Gasteiger partial charge is 0.225 e. The van der Waals surface area contributed by atoms with Crippen LogP contribution in [-0.2, 0) is 10.0 Å². The van der Waals surface area contributed by atoms with Crippen LogP contribution in [0.15, 0.2) is 23.1 Å². The van der Waals surface area contributed by atoms with Crippen molar-refractivity contribution in [3.63, 3.8) is 0 Å². The molecule has 0 atom stereocenters. The SMILES string of the molecule is CC(C)c1cc(Cl)cc(S(N)(=O)=O)c1. The summed E-state index contributed by atoms with van der Waals surface area (Å²) in [6.45, 7) is 3.91. The van der Waals surface area contributed by atoms with Gasteiger partial charge in [0.25, 0.3) is 0 Å². The van der Waals surface area contributed by atoms with E-state index in [1.807, 2.05) is 13.8 Å². The molecule has 1 rings (SSSR count). The maximum absolute atomic E-state index is 11.1. The first kappa shape index (κ1) is 11.5. The van der Waals surface area contributed by atoms with Crippen LogP contribution < -0.4 is 5.14 Å². The van der Waals surface area contributed by atoms with Crippen LogP contribution in [0.25, 0.3) is 0 Å². The molecule has 0 aromatic heterocycles. The van der Waals surface area contributed by atoms with Crippen LogP contribution in [0, 0.1) is 0 Å². The number of benzene rings is 1. The van der Waals surface area contributed by atoms with Gasteiger partial charge >= 0.3 is 0 Å². The van der Waals surface area contributed by atoms with E-state index in [1.165, 1.54) is 6.07 Å². The lowest BCUT2D eigenvalue weighted by atomic mass is 10.0. The fraction of sp³-hybridized carbons (Fsp3) is 0.333. The van der Waals surface area contributed by atoms with Crippen molar-refractivity contribution < 1.29 is 8.42 Å². The van der Waals surface area contributed by atoms with Crippen molar-refractivity contribution in [2.45, 2.75) is 24.7 Å². The molecule has 0 fully saturated rings. The van der Waals surface area contributed by atoms with Crippen LogP contribution in [0.4, 0.5) is 0 Å². The van der Waals surface area contributed by atoms with Gasteiger partial charge in [-0.1, -0.05) is 25.4 Å². The molecule has 0 amide bonds. The molecule has 0 heterocycles. The third-order valence-corrected chi connectivity index (χ3v) is 3.00. The average Bonchev–Trinajstić information content (AvgIpc) is 2.01. The minimum atomic E-state index is -3.67. The second kappa shape index (κ2) is 3.88. The van der Waals surface area contributed by atoms with E-state index in [0.29, 0.717) is 5.02 Å². The van der Waals surface area contributed by atoms with Crippen molar-refractivity contribution in [3.05, 3.63) is 28.8 Å². The Hall–Kier alpha value is -0.580. The van der Waals surface area contributed by atoms with Gasteiger partial charge in [-0.3, -0.25) is 0 Å². The van der Waals surface area contributed by atoms with Crippen molar-refractivity contribution in [1.29, 1.82) is 0 Å². The minimum absolute atomic E-state index is 0.0636. The third-order valence-electron chi connectivity index (χ3n) is 1.89. The maximum Gasteiger partial charge on any atom is 0.238 e. The van der Waals surface area contributed by atoms with E-state index < -0.39 is 10.0 Å². The first-order valence-electron chi connectivity index (χ1n) is 4.14. The van der Waals surface area contributed by atoms with Crippen LogP contribution in [-0.4, -0.2) is 8.42 Å². The van der Waals surface area contributed by atoms with Gasteiger partial charge in [-0.15, -0.1) is 0 Å². The predicted octanol–water partition coefficient (Wildman–Crippen LogP) is 2.11. The Labute approximate surface area is 88.9 Å². The second-order valence-corrected chi connectivity index (χ2v) is 5.42. The molecule has 1 aromatic rings. The standard InChI is InChI=1S/C9H12ClNO2S/c1-6(2)7-3-8(10)5-9(4-7)14(11,12)13/h3-6H,1-2H3,(H2,11,12,13). The zero-order chi connectivity index (χ0) is 10.9. The van der Waals surface area contributed by atoms with Gasteiger partial charge in [0.05, 0.1) is 4.90 Å². The topological polar surface area (TPSA) is 60.2 Å². The first-order valence-corrected chi connectivity index (χ1v) is 6.06. The maximum atomic E-state index is 11.1. The van der Waals surface area contributed by atoms with Crippen molar-refractivity contribution >= 4 is 21.6 Å². The lowest BCUT2D eigenvalue weighted by molar-refractivity contribution is 0.597.